The maximum absolute atomic E-state index is 9.65. The van der Waals surface area contributed by atoms with Gasteiger partial charge in [-0.15, -0.1) is 0 Å². The molecule has 1 rings (SSSR count). The molecule has 1 aliphatic carbocycles. The van der Waals surface area contributed by atoms with Gasteiger partial charge < -0.3 is 10.2 Å². The maximum atomic E-state index is 9.65. The SMILES string of the molecule is CC1=C[C@@H](O)[C@@H]([C@@H](C)CO)CC1. The van der Waals surface area contributed by atoms with Crippen molar-refractivity contribution in [3.8, 4) is 0 Å². The Balaban J connectivity index is 2.58. The van der Waals surface area contributed by atoms with E-state index < -0.39 is 0 Å². The van der Waals surface area contributed by atoms with Crippen LogP contribution in [-0.2, 0) is 0 Å². The van der Waals surface area contributed by atoms with Crippen LogP contribution in [0.4, 0.5) is 0 Å². The Hall–Kier alpha value is -0.340. The molecule has 0 saturated carbocycles. The van der Waals surface area contributed by atoms with Gasteiger partial charge >= 0.3 is 0 Å². The Morgan fingerprint density at radius 3 is 2.83 bits per heavy atom. The average molecular weight is 170 g/mol. The number of allylic oxidation sites excluding steroid dienone is 1. The Morgan fingerprint density at radius 1 is 1.67 bits per heavy atom. The normalized spacial score (nSPS) is 32.8. The summed E-state index contributed by atoms with van der Waals surface area (Å²) in [6.07, 6.45) is 3.64. The summed E-state index contributed by atoms with van der Waals surface area (Å²) in [6, 6.07) is 0. The van der Waals surface area contributed by atoms with Crippen molar-refractivity contribution in [1.29, 1.82) is 0 Å². The van der Waals surface area contributed by atoms with E-state index in [0.717, 1.165) is 12.8 Å². The van der Waals surface area contributed by atoms with Crippen molar-refractivity contribution in [3.05, 3.63) is 11.6 Å². The molecule has 0 fully saturated rings. The summed E-state index contributed by atoms with van der Waals surface area (Å²) in [6.45, 7) is 4.21. The molecule has 2 heteroatoms. The number of hydrogen-bond acceptors (Lipinski definition) is 2. The van der Waals surface area contributed by atoms with Gasteiger partial charge in [0.25, 0.3) is 0 Å². The molecule has 0 bridgehead atoms. The van der Waals surface area contributed by atoms with E-state index in [1.807, 2.05) is 19.9 Å². The van der Waals surface area contributed by atoms with Gasteiger partial charge in [0.1, 0.15) is 0 Å². The van der Waals surface area contributed by atoms with E-state index in [-0.39, 0.29) is 24.5 Å². The van der Waals surface area contributed by atoms with Crippen molar-refractivity contribution in [2.75, 3.05) is 6.61 Å². The van der Waals surface area contributed by atoms with Crippen LogP contribution in [0.3, 0.4) is 0 Å². The van der Waals surface area contributed by atoms with Gasteiger partial charge in [-0.1, -0.05) is 18.6 Å². The Bertz CT molecular complexity index is 175. The molecule has 0 unspecified atom stereocenters. The highest BCUT2D eigenvalue weighted by atomic mass is 16.3. The maximum Gasteiger partial charge on any atom is 0.0755 e. The minimum absolute atomic E-state index is 0.175. The first-order valence-corrected chi connectivity index (χ1v) is 4.61. The highest BCUT2D eigenvalue weighted by Gasteiger charge is 2.26. The molecule has 0 aromatic carbocycles. The zero-order valence-electron chi connectivity index (χ0n) is 7.83. The highest BCUT2D eigenvalue weighted by Crippen LogP contribution is 2.29. The molecule has 3 atom stereocenters. The summed E-state index contributed by atoms with van der Waals surface area (Å²) in [5.41, 5.74) is 1.27. The van der Waals surface area contributed by atoms with Crippen LogP contribution in [-0.4, -0.2) is 22.9 Å². The molecule has 2 nitrogen and oxygen atoms in total. The smallest absolute Gasteiger partial charge is 0.0755 e. The lowest BCUT2D eigenvalue weighted by molar-refractivity contribution is 0.0741. The van der Waals surface area contributed by atoms with E-state index in [9.17, 15) is 5.11 Å². The predicted octanol–water partition coefficient (Wildman–Crippen LogP) is 1.33. The largest absolute Gasteiger partial charge is 0.396 e. The molecular formula is C10H18O2. The number of aliphatic hydroxyl groups excluding tert-OH is 2. The lowest BCUT2D eigenvalue weighted by Gasteiger charge is -2.29. The molecule has 0 spiro atoms. The van der Waals surface area contributed by atoms with Crippen LogP contribution < -0.4 is 0 Å². The van der Waals surface area contributed by atoms with Crippen molar-refractivity contribution in [2.45, 2.75) is 32.8 Å². The number of aliphatic hydroxyl groups is 2. The third-order valence-corrected chi connectivity index (χ3v) is 2.78. The minimum atomic E-state index is -0.346. The van der Waals surface area contributed by atoms with Crippen LogP contribution in [0.5, 0.6) is 0 Å². The molecule has 70 valence electrons. The van der Waals surface area contributed by atoms with Crippen LogP contribution in [0.2, 0.25) is 0 Å². The van der Waals surface area contributed by atoms with E-state index in [2.05, 4.69) is 0 Å². The fourth-order valence-electron chi connectivity index (χ4n) is 1.82. The highest BCUT2D eigenvalue weighted by molar-refractivity contribution is 5.08. The second-order valence-electron chi connectivity index (χ2n) is 3.87. The van der Waals surface area contributed by atoms with Crippen molar-refractivity contribution in [2.24, 2.45) is 11.8 Å². The van der Waals surface area contributed by atoms with Crippen LogP contribution in [0.15, 0.2) is 11.6 Å². The summed E-state index contributed by atoms with van der Waals surface area (Å²) in [5, 5.41) is 18.6. The fourth-order valence-corrected chi connectivity index (χ4v) is 1.82. The monoisotopic (exact) mass is 170 g/mol. The third kappa shape index (κ3) is 2.08. The second-order valence-corrected chi connectivity index (χ2v) is 3.87. The summed E-state index contributed by atoms with van der Waals surface area (Å²) in [5.74, 6) is 0.461. The summed E-state index contributed by atoms with van der Waals surface area (Å²) in [7, 11) is 0. The van der Waals surface area contributed by atoms with E-state index >= 15 is 0 Å². The van der Waals surface area contributed by atoms with Gasteiger partial charge in [-0.3, -0.25) is 0 Å². The lowest BCUT2D eigenvalue weighted by Crippen LogP contribution is -2.29. The van der Waals surface area contributed by atoms with Gasteiger partial charge in [0.05, 0.1) is 6.10 Å². The molecule has 1 aliphatic rings. The first-order chi connectivity index (χ1) is 5.65. The molecule has 12 heavy (non-hydrogen) atoms. The van der Waals surface area contributed by atoms with Crippen molar-refractivity contribution >= 4 is 0 Å². The Labute approximate surface area is 73.9 Å². The van der Waals surface area contributed by atoms with E-state index in [4.69, 9.17) is 5.11 Å². The second kappa shape index (κ2) is 4.06. The van der Waals surface area contributed by atoms with Gasteiger partial charge in [-0.05, 0) is 31.6 Å². The van der Waals surface area contributed by atoms with Crippen molar-refractivity contribution in [3.63, 3.8) is 0 Å². The third-order valence-electron chi connectivity index (χ3n) is 2.78. The van der Waals surface area contributed by atoms with Gasteiger partial charge in [0.2, 0.25) is 0 Å². The predicted molar refractivity (Wildman–Crippen MR) is 48.7 cm³/mol. The molecule has 0 aromatic rings. The standard InChI is InChI=1S/C10H18O2/c1-7-3-4-9(8(2)6-11)10(12)5-7/h5,8-12H,3-4,6H2,1-2H3/t8-,9+,10+/m0/s1. The van der Waals surface area contributed by atoms with Crippen LogP contribution in [0.1, 0.15) is 26.7 Å². The first-order valence-electron chi connectivity index (χ1n) is 4.61. The van der Waals surface area contributed by atoms with Gasteiger partial charge in [-0.25, -0.2) is 0 Å². The molecule has 0 aliphatic heterocycles. The average Bonchev–Trinajstić information content (AvgIpc) is 2.03. The molecule has 0 amide bonds. The molecule has 2 N–H and O–H groups in total. The van der Waals surface area contributed by atoms with Crippen molar-refractivity contribution in [1.82, 2.24) is 0 Å². The molecular weight excluding hydrogens is 152 g/mol. The zero-order valence-corrected chi connectivity index (χ0v) is 7.83. The van der Waals surface area contributed by atoms with Crippen molar-refractivity contribution < 1.29 is 10.2 Å². The molecule has 0 radical (unpaired) electrons. The lowest BCUT2D eigenvalue weighted by atomic mass is 9.80. The molecule has 0 saturated heterocycles. The first kappa shape index (κ1) is 9.75. The summed E-state index contributed by atoms with van der Waals surface area (Å²) >= 11 is 0. The number of hydrogen-bond donors (Lipinski definition) is 2. The summed E-state index contributed by atoms with van der Waals surface area (Å²) < 4.78 is 0. The van der Waals surface area contributed by atoms with Gasteiger partial charge in [0.15, 0.2) is 0 Å². The van der Waals surface area contributed by atoms with E-state index in [1.54, 1.807) is 0 Å². The summed E-state index contributed by atoms with van der Waals surface area (Å²) in [4.78, 5) is 0. The minimum Gasteiger partial charge on any atom is -0.396 e. The topological polar surface area (TPSA) is 40.5 Å². The molecule has 0 aromatic heterocycles. The van der Waals surface area contributed by atoms with Crippen LogP contribution >= 0.6 is 0 Å². The van der Waals surface area contributed by atoms with Crippen LogP contribution in [0.25, 0.3) is 0 Å². The van der Waals surface area contributed by atoms with Gasteiger partial charge in [-0.2, -0.15) is 0 Å². The van der Waals surface area contributed by atoms with Crippen LogP contribution in [0, 0.1) is 11.8 Å². The van der Waals surface area contributed by atoms with E-state index in [0.29, 0.717) is 0 Å². The van der Waals surface area contributed by atoms with E-state index in [1.165, 1.54) is 5.57 Å². The quantitative estimate of drug-likeness (QED) is 0.614. The molecule has 0 heterocycles. The zero-order chi connectivity index (χ0) is 9.14. The number of rotatable bonds is 2. The van der Waals surface area contributed by atoms with Gasteiger partial charge in [0, 0.05) is 6.61 Å². The fraction of sp³-hybridized carbons (Fsp3) is 0.800. The Kier molecular flexibility index (Phi) is 3.29. The Morgan fingerprint density at radius 2 is 2.33 bits per heavy atom.